The Morgan fingerprint density at radius 3 is 2.21 bits per heavy atom. The van der Waals surface area contributed by atoms with Crippen LogP contribution in [0.4, 0.5) is 17.1 Å². The molecule has 5 rings (SSSR count). The zero-order chi connectivity index (χ0) is 26.8. The number of amides is 3. The number of aryl methyl sites for hydroxylation is 1. The number of carbonyl (C=O) groups is 3. The van der Waals surface area contributed by atoms with Crippen molar-refractivity contribution in [2.24, 2.45) is 0 Å². The predicted octanol–water partition coefficient (Wildman–Crippen LogP) is 4.40. The molecule has 1 saturated heterocycles. The number of carbonyl (C=O) groups excluding carboxylic acids is 3. The molecule has 0 radical (unpaired) electrons. The van der Waals surface area contributed by atoms with Gasteiger partial charge < -0.3 is 19.9 Å². The Labute approximate surface area is 226 Å². The number of ether oxygens (including phenoxy) is 1. The van der Waals surface area contributed by atoms with Gasteiger partial charge in [-0.25, -0.2) is 4.90 Å². The van der Waals surface area contributed by atoms with Crippen molar-refractivity contribution in [1.82, 2.24) is 4.90 Å². The fraction of sp³-hybridized carbons (Fsp3) is 0.207. The SMILES string of the molecule is COc1ccc(N2C(=O)C(Cl)=C(Nc3cc(C(=O)N4CCN(c5ccccc5)CC4)ccc3C)C2=O)cc1. The molecule has 0 aliphatic carbocycles. The summed E-state index contributed by atoms with van der Waals surface area (Å²) in [6, 6.07) is 22.0. The third-order valence-corrected chi connectivity index (χ3v) is 7.14. The first-order valence-electron chi connectivity index (χ1n) is 12.3. The van der Waals surface area contributed by atoms with Crippen LogP contribution >= 0.6 is 11.6 Å². The van der Waals surface area contributed by atoms with Crippen molar-refractivity contribution in [1.29, 1.82) is 0 Å². The Hall–Kier alpha value is -4.30. The number of nitrogens with one attached hydrogen (secondary N) is 1. The number of methoxy groups -OCH3 is 1. The van der Waals surface area contributed by atoms with Crippen molar-refractivity contribution in [2.45, 2.75) is 6.92 Å². The zero-order valence-corrected chi connectivity index (χ0v) is 21.9. The van der Waals surface area contributed by atoms with E-state index in [0.29, 0.717) is 35.8 Å². The van der Waals surface area contributed by atoms with Crippen LogP contribution in [0.25, 0.3) is 0 Å². The monoisotopic (exact) mass is 530 g/mol. The normalized spacial score (nSPS) is 15.8. The molecule has 2 heterocycles. The van der Waals surface area contributed by atoms with Gasteiger partial charge in [-0.3, -0.25) is 14.4 Å². The maximum atomic E-state index is 13.3. The maximum absolute atomic E-state index is 13.3. The molecule has 3 aromatic rings. The summed E-state index contributed by atoms with van der Waals surface area (Å²) in [5.41, 5.74) is 3.32. The second-order valence-electron chi connectivity index (χ2n) is 9.10. The predicted molar refractivity (Wildman–Crippen MR) is 148 cm³/mol. The second kappa shape index (κ2) is 10.6. The van der Waals surface area contributed by atoms with Crippen LogP contribution in [-0.2, 0) is 9.59 Å². The summed E-state index contributed by atoms with van der Waals surface area (Å²) in [6.07, 6.45) is 0. The third kappa shape index (κ3) is 4.82. The van der Waals surface area contributed by atoms with Gasteiger partial charge in [-0.05, 0) is 61.0 Å². The van der Waals surface area contributed by atoms with Crippen LogP contribution < -0.4 is 19.9 Å². The molecule has 1 fully saturated rings. The van der Waals surface area contributed by atoms with Gasteiger partial charge in [-0.15, -0.1) is 0 Å². The summed E-state index contributed by atoms with van der Waals surface area (Å²) < 4.78 is 5.15. The van der Waals surface area contributed by atoms with Crippen molar-refractivity contribution in [3.63, 3.8) is 0 Å². The van der Waals surface area contributed by atoms with Gasteiger partial charge in [-0.1, -0.05) is 35.9 Å². The van der Waals surface area contributed by atoms with Gasteiger partial charge in [0.1, 0.15) is 16.5 Å². The van der Waals surface area contributed by atoms with E-state index in [9.17, 15) is 14.4 Å². The minimum Gasteiger partial charge on any atom is -0.497 e. The largest absolute Gasteiger partial charge is 0.497 e. The van der Waals surface area contributed by atoms with Gasteiger partial charge >= 0.3 is 0 Å². The highest BCUT2D eigenvalue weighted by Gasteiger charge is 2.39. The Morgan fingerprint density at radius 2 is 1.55 bits per heavy atom. The van der Waals surface area contributed by atoms with Crippen molar-refractivity contribution >= 4 is 46.4 Å². The maximum Gasteiger partial charge on any atom is 0.283 e. The molecule has 194 valence electrons. The van der Waals surface area contributed by atoms with Crippen LogP contribution in [0.5, 0.6) is 5.75 Å². The van der Waals surface area contributed by atoms with E-state index in [1.54, 1.807) is 36.4 Å². The number of nitrogens with zero attached hydrogens (tertiary/aromatic N) is 3. The standard InChI is InChI=1S/C29H27ClN4O4/c1-19-8-9-20(27(35)33-16-14-32(15-17-33)21-6-4-3-5-7-21)18-24(19)31-26-25(30)28(36)34(29(26)37)22-10-12-23(38-2)13-11-22/h3-13,18,31H,14-17H2,1-2H3. The number of benzene rings is 3. The van der Waals surface area contributed by atoms with Crippen LogP contribution in [0.3, 0.4) is 0 Å². The molecule has 0 bridgehead atoms. The number of halogens is 1. The number of rotatable bonds is 6. The lowest BCUT2D eigenvalue weighted by Crippen LogP contribution is -2.48. The molecule has 2 aliphatic heterocycles. The molecule has 9 heteroatoms. The number of anilines is 3. The Bertz CT molecular complexity index is 1410. The van der Waals surface area contributed by atoms with E-state index in [1.807, 2.05) is 36.1 Å². The van der Waals surface area contributed by atoms with E-state index in [-0.39, 0.29) is 16.6 Å². The number of hydrogen-bond donors (Lipinski definition) is 1. The van der Waals surface area contributed by atoms with Crippen molar-refractivity contribution in [3.8, 4) is 5.75 Å². The number of para-hydroxylation sites is 1. The fourth-order valence-electron chi connectivity index (χ4n) is 4.59. The molecule has 3 amide bonds. The summed E-state index contributed by atoms with van der Waals surface area (Å²) in [4.78, 5) is 44.5. The number of hydrogen-bond acceptors (Lipinski definition) is 6. The van der Waals surface area contributed by atoms with Gasteiger partial charge in [0.25, 0.3) is 17.7 Å². The first-order valence-corrected chi connectivity index (χ1v) is 12.6. The van der Waals surface area contributed by atoms with Gasteiger partial charge in [0.15, 0.2) is 0 Å². The third-order valence-electron chi connectivity index (χ3n) is 6.79. The van der Waals surface area contributed by atoms with E-state index in [1.165, 1.54) is 7.11 Å². The van der Waals surface area contributed by atoms with Gasteiger partial charge in [0.05, 0.1) is 12.8 Å². The minimum absolute atomic E-state index is 0.0309. The molecule has 3 aromatic carbocycles. The van der Waals surface area contributed by atoms with Gasteiger partial charge in [-0.2, -0.15) is 0 Å². The van der Waals surface area contributed by atoms with Gasteiger partial charge in [0, 0.05) is 43.1 Å². The first kappa shape index (κ1) is 25.4. The summed E-state index contributed by atoms with van der Waals surface area (Å²) >= 11 is 6.32. The molecule has 38 heavy (non-hydrogen) atoms. The Kier molecular flexibility index (Phi) is 7.07. The van der Waals surface area contributed by atoms with Crippen LogP contribution in [0.2, 0.25) is 0 Å². The molecule has 0 atom stereocenters. The Morgan fingerprint density at radius 1 is 0.868 bits per heavy atom. The first-order chi connectivity index (χ1) is 18.4. The lowest BCUT2D eigenvalue weighted by atomic mass is 10.1. The summed E-state index contributed by atoms with van der Waals surface area (Å²) in [5.74, 6) is -0.679. The average Bonchev–Trinajstić information content (AvgIpc) is 3.17. The Balaban J connectivity index is 1.30. The summed E-state index contributed by atoms with van der Waals surface area (Å²) in [5, 5.41) is 2.81. The highest BCUT2D eigenvalue weighted by molar-refractivity contribution is 6.53. The lowest BCUT2D eigenvalue weighted by molar-refractivity contribution is -0.120. The van der Waals surface area contributed by atoms with Gasteiger partial charge in [0.2, 0.25) is 0 Å². The second-order valence-corrected chi connectivity index (χ2v) is 9.48. The molecule has 2 aliphatic rings. The summed E-state index contributed by atoms with van der Waals surface area (Å²) in [7, 11) is 1.54. The number of piperazine rings is 1. The zero-order valence-electron chi connectivity index (χ0n) is 21.1. The van der Waals surface area contributed by atoms with Crippen LogP contribution in [0.1, 0.15) is 15.9 Å². The molecular weight excluding hydrogens is 504 g/mol. The van der Waals surface area contributed by atoms with E-state index in [2.05, 4.69) is 22.3 Å². The highest BCUT2D eigenvalue weighted by Crippen LogP contribution is 2.32. The molecule has 8 nitrogen and oxygen atoms in total. The van der Waals surface area contributed by atoms with Crippen LogP contribution in [0.15, 0.2) is 83.5 Å². The highest BCUT2D eigenvalue weighted by atomic mass is 35.5. The molecule has 0 unspecified atom stereocenters. The topological polar surface area (TPSA) is 82.2 Å². The quantitative estimate of drug-likeness (QED) is 0.476. The van der Waals surface area contributed by atoms with E-state index in [4.69, 9.17) is 16.3 Å². The summed E-state index contributed by atoms with van der Waals surface area (Å²) in [6.45, 7) is 4.54. The van der Waals surface area contributed by atoms with E-state index in [0.717, 1.165) is 29.2 Å². The molecule has 0 aromatic heterocycles. The minimum atomic E-state index is -0.620. The molecule has 0 spiro atoms. The van der Waals surface area contributed by atoms with E-state index >= 15 is 0 Å². The fourth-order valence-corrected chi connectivity index (χ4v) is 4.80. The number of imide groups is 1. The average molecular weight is 531 g/mol. The smallest absolute Gasteiger partial charge is 0.283 e. The lowest BCUT2D eigenvalue weighted by Gasteiger charge is -2.36. The molecule has 0 saturated carbocycles. The molecule has 1 N–H and O–H groups in total. The van der Waals surface area contributed by atoms with Crippen molar-refractivity contribution < 1.29 is 19.1 Å². The molecular formula is C29H27ClN4O4. The van der Waals surface area contributed by atoms with Crippen LogP contribution in [-0.4, -0.2) is 55.9 Å². The van der Waals surface area contributed by atoms with Crippen LogP contribution in [0, 0.1) is 6.92 Å². The van der Waals surface area contributed by atoms with E-state index < -0.39 is 11.8 Å². The van der Waals surface area contributed by atoms with Crippen molar-refractivity contribution in [2.75, 3.05) is 48.4 Å². The van der Waals surface area contributed by atoms with Crippen molar-refractivity contribution in [3.05, 3.63) is 94.7 Å².